The van der Waals surface area contributed by atoms with Gasteiger partial charge in [0.25, 0.3) is 0 Å². The summed E-state index contributed by atoms with van der Waals surface area (Å²) in [7, 11) is 0. The highest BCUT2D eigenvalue weighted by atomic mass is 16.6. The molecule has 0 aromatic carbocycles. The van der Waals surface area contributed by atoms with Gasteiger partial charge in [0.15, 0.2) is 0 Å². The average Bonchev–Trinajstić information content (AvgIpc) is 2.94. The molecule has 2 atom stereocenters. The molecule has 0 spiro atoms. The third-order valence-electron chi connectivity index (χ3n) is 4.08. The molecular weight excluding hydrogens is 246 g/mol. The molecule has 2 saturated heterocycles. The molecular formula is C14H23NO4. The summed E-state index contributed by atoms with van der Waals surface area (Å²) < 4.78 is 16.6. The molecule has 108 valence electrons. The van der Waals surface area contributed by atoms with Crippen molar-refractivity contribution in [3.05, 3.63) is 0 Å². The van der Waals surface area contributed by atoms with Crippen LogP contribution in [0.5, 0.6) is 0 Å². The van der Waals surface area contributed by atoms with Crippen LogP contribution in [0.15, 0.2) is 0 Å². The fourth-order valence-corrected chi connectivity index (χ4v) is 2.62. The van der Waals surface area contributed by atoms with Crippen LogP contribution in [0.4, 0.5) is 4.79 Å². The highest BCUT2D eigenvalue weighted by molar-refractivity contribution is 5.68. The molecule has 0 N–H and O–H groups in total. The minimum Gasteiger partial charge on any atom is -0.447 e. The van der Waals surface area contributed by atoms with Crippen LogP contribution in [0.25, 0.3) is 0 Å². The number of carbonyl (C=O) groups excluding carboxylic acids is 1. The zero-order valence-electron chi connectivity index (χ0n) is 11.4. The van der Waals surface area contributed by atoms with Crippen LogP contribution in [-0.2, 0) is 14.2 Å². The van der Waals surface area contributed by atoms with E-state index in [1.54, 1.807) is 4.90 Å². The van der Waals surface area contributed by atoms with Gasteiger partial charge in [-0.15, -0.1) is 0 Å². The van der Waals surface area contributed by atoms with E-state index in [4.69, 9.17) is 14.2 Å². The zero-order valence-corrected chi connectivity index (χ0v) is 11.4. The molecule has 0 bridgehead atoms. The van der Waals surface area contributed by atoms with Gasteiger partial charge in [-0.1, -0.05) is 0 Å². The molecule has 0 aromatic rings. The Morgan fingerprint density at radius 3 is 2.84 bits per heavy atom. The Labute approximate surface area is 114 Å². The molecule has 1 saturated carbocycles. The maximum Gasteiger partial charge on any atom is 0.409 e. The van der Waals surface area contributed by atoms with Crippen LogP contribution < -0.4 is 0 Å². The molecule has 5 nitrogen and oxygen atoms in total. The van der Waals surface area contributed by atoms with Gasteiger partial charge in [-0.25, -0.2) is 4.79 Å². The summed E-state index contributed by atoms with van der Waals surface area (Å²) in [6, 6.07) is 0. The van der Waals surface area contributed by atoms with E-state index in [1.807, 2.05) is 0 Å². The fourth-order valence-electron chi connectivity index (χ4n) is 2.62. The third-order valence-corrected chi connectivity index (χ3v) is 4.08. The molecule has 0 aromatic heterocycles. The Hall–Kier alpha value is -0.810. The number of nitrogens with zero attached hydrogens (tertiary/aromatic N) is 1. The Morgan fingerprint density at radius 1 is 1.21 bits per heavy atom. The summed E-state index contributed by atoms with van der Waals surface area (Å²) in [5.41, 5.74) is 0. The lowest BCUT2D eigenvalue weighted by Crippen LogP contribution is -2.32. The quantitative estimate of drug-likeness (QED) is 0.763. The maximum absolute atomic E-state index is 11.9. The predicted octanol–water partition coefficient (Wildman–Crippen LogP) is 1.80. The van der Waals surface area contributed by atoms with E-state index in [2.05, 4.69) is 0 Å². The summed E-state index contributed by atoms with van der Waals surface area (Å²) >= 11 is 0. The highest BCUT2D eigenvalue weighted by Gasteiger charge is 2.30. The monoisotopic (exact) mass is 269 g/mol. The van der Waals surface area contributed by atoms with Crippen molar-refractivity contribution in [1.29, 1.82) is 0 Å². The number of rotatable bonds is 5. The van der Waals surface area contributed by atoms with Crippen molar-refractivity contribution in [3.63, 3.8) is 0 Å². The molecule has 19 heavy (non-hydrogen) atoms. The summed E-state index contributed by atoms with van der Waals surface area (Å²) in [5, 5.41) is 0. The molecule has 1 amide bonds. The van der Waals surface area contributed by atoms with Gasteiger partial charge < -0.3 is 19.1 Å². The number of hydrogen-bond acceptors (Lipinski definition) is 4. The van der Waals surface area contributed by atoms with Crippen molar-refractivity contribution in [2.75, 3.05) is 32.9 Å². The Balaban J connectivity index is 1.33. The first-order valence-electron chi connectivity index (χ1n) is 7.46. The summed E-state index contributed by atoms with van der Waals surface area (Å²) in [6.07, 6.45) is 5.71. The van der Waals surface area contributed by atoms with Crippen LogP contribution in [0.2, 0.25) is 0 Å². The molecule has 5 heteroatoms. The van der Waals surface area contributed by atoms with Crippen molar-refractivity contribution in [3.8, 4) is 0 Å². The highest BCUT2D eigenvalue weighted by Crippen LogP contribution is 2.30. The molecule has 3 fully saturated rings. The first kappa shape index (κ1) is 13.2. The number of ether oxygens (including phenoxy) is 3. The van der Waals surface area contributed by atoms with Gasteiger partial charge in [-0.2, -0.15) is 0 Å². The third kappa shape index (κ3) is 3.83. The minimum absolute atomic E-state index is 0.105. The smallest absolute Gasteiger partial charge is 0.409 e. The molecule has 0 radical (unpaired) electrons. The first-order valence-corrected chi connectivity index (χ1v) is 7.46. The van der Waals surface area contributed by atoms with E-state index in [0.717, 1.165) is 44.9 Å². The van der Waals surface area contributed by atoms with Gasteiger partial charge in [0.05, 0.1) is 18.8 Å². The van der Waals surface area contributed by atoms with E-state index in [0.29, 0.717) is 13.2 Å². The Morgan fingerprint density at radius 2 is 2.11 bits per heavy atom. The standard InChI is InChI=1S/C14H23NO4/c16-14(19-10-13-2-1-7-17-13)15-6-5-12(8-15)18-9-11-3-4-11/h11-13H,1-10H2. The number of carbonyl (C=O) groups is 1. The predicted molar refractivity (Wildman–Crippen MR) is 69.0 cm³/mol. The topological polar surface area (TPSA) is 48.0 Å². The largest absolute Gasteiger partial charge is 0.447 e. The first-order chi connectivity index (χ1) is 9.31. The van der Waals surface area contributed by atoms with Crippen molar-refractivity contribution in [2.24, 2.45) is 5.92 Å². The Bertz CT molecular complexity index is 313. The van der Waals surface area contributed by atoms with Crippen LogP contribution in [-0.4, -0.2) is 56.1 Å². The van der Waals surface area contributed by atoms with Gasteiger partial charge in [-0.3, -0.25) is 0 Å². The fraction of sp³-hybridized carbons (Fsp3) is 0.929. The van der Waals surface area contributed by atoms with Crippen molar-refractivity contribution in [1.82, 2.24) is 4.90 Å². The van der Waals surface area contributed by atoms with Crippen LogP contribution in [0, 0.1) is 5.92 Å². The summed E-state index contributed by atoms with van der Waals surface area (Å²) in [4.78, 5) is 13.6. The number of likely N-dealkylation sites (tertiary alicyclic amines) is 1. The maximum atomic E-state index is 11.9. The van der Waals surface area contributed by atoms with Gasteiger partial charge in [0.1, 0.15) is 6.61 Å². The van der Waals surface area contributed by atoms with Crippen molar-refractivity contribution >= 4 is 6.09 Å². The average molecular weight is 269 g/mol. The van der Waals surface area contributed by atoms with Gasteiger partial charge >= 0.3 is 6.09 Å². The van der Waals surface area contributed by atoms with E-state index in [1.165, 1.54) is 12.8 Å². The van der Waals surface area contributed by atoms with E-state index < -0.39 is 0 Å². The Kier molecular flexibility index (Phi) is 4.23. The van der Waals surface area contributed by atoms with Crippen LogP contribution >= 0.6 is 0 Å². The SMILES string of the molecule is O=C(OCC1CCCO1)N1CCC(OCC2CC2)C1. The summed E-state index contributed by atoms with van der Waals surface area (Å²) in [6.45, 7) is 3.48. The van der Waals surface area contributed by atoms with Gasteiger partial charge in [0.2, 0.25) is 0 Å². The minimum atomic E-state index is -0.215. The molecule has 3 rings (SSSR count). The van der Waals surface area contributed by atoms with E-state index >= 15 is 0 Å². The van der Waals surface area contributed by atoms with Crippen molar-refractivity contribution in [2.45, 2.75) is 44.3 Å². The van der Waals surface area contributed by atoms with E-state index in [-0.39, 0.29) is 18.3 Å². The number of hydrogen-bond donors (Lipinski definition) is 0. The number of amides is 1. The lowest BCUT2D eigenvalue weighted by atomic mass is 10.2. The molecule has 3 aliphatic rings. The molecule has 2 aliphatic heterocycles. The molecule has 2 heterocycles. The second-order valence-corrected chi connectivity index (χ2v) is 5.85. The van der Waals surface area contributed by atoms with Crippen LogP contribution in [0.1, 0.15) is 32.1 Å². The molecule has 1 aliphatic carbocycles. The molecule has 2 unspecified atom stereocenters. The second kappa shape index (κ2) is 6.09. The normalized spacial score (nSPS) is 30.8. The van der Waals surface area contributed by atoms with E-state index in [9.17, 15) is 4.79 Å². The van der Waals surface area contributed by atoms with Crippen molar-refractivity contribution < 1.29 is 19.0 Å². The van der Waals surface area contributed by atoms with Gasteiger partial charge in [-0.05, 0) is 38.0 Å². The summed E-state index contributed by atoms with van der Waals surface area (Å²) in [5.74, 6) is 0.778. The van der Waals surface area contributed by atoms with Crippen LogP contribution in [0.3, 0.4) is 0 Å². The van der Waals surface area contributed by atoms with Gasteiger partial charge in [0, 0.05) is 19.8 Å². The zero-order chi connectivity index (χ0) is 13.1. The lowest BCUT2D eigenvalue weighted by Gasteiger charge is -2.18. The second-order valence-electron chi connectivity index (χ2n) is 5.85. The lowest BCUT2D eigenvalue weighted by molar-refractivity contribution is 0.0258.